The van der Waals surface area contributed by atoms with Crippen LogP contribution in [0.25, 0.3) is 5.69 Å². The van der Waals surface area contributed by atoms with Crippen molar-refractivity contribution in [2.75, 3.05) is 42.7 Å². The Hall–Kier alpha value is -3.76. The van der Waals surface area contributed by atoms with Gasteiger partial charge in [0.15, 0.2) is 17.8 Å². The maximum atomic E-state index is 13.4. The molecule has 1 aromatic heterocycles. The summed E-state index contributed by atoms with van der Waals surface area (Å²) in [4.78, 5) is 47.1. The van der Waals surface area contributed by atoms with Crippen LogP contribution in [0, 0.1) is 18.8 Å². The lowest BCUT2D eigenvalue weighted by molar-refractivity contribution is -0.203. The van der Waals surface area contributed by atoms with Gasteiger partial charge < -0.3 is 15.1 Å². The first kappa shape index (κ1) is 25.3. The Kier molecular flexibility index (Phi) is 6.83. The number of fused-ring (bicyclic) bond motifs is 1. The van der Waals surface area contributed by atoms with Gasteiger partial charge in [-0.1, -0.05) is 24.1 Å². The van der Waals surface area contributed by atoms with Crippen molar-refractivity contribution in [1.82, 2.24) is 19.4 Å². The number of benzene rings is 1. The van der Waals surface area contributed by atoms with Crippen LogP contribution in [-0.2, 0) is 16.7 Å². The lowest BCUT2D eigenvalue weighted by atomic mass is 10.2. The third kappa shape index (κ3) is 4.33. The molecule has 1 N–H and O–H groups in total. The number of anilines is 2. The molecule has 36 heavy (non-hydrogen) atoms. The molecule has 0 aliphatic carbocycles. The van der Waals surface area contributed by atoms with Gasteiger partial charge in [-0.3, -0.25) is 14.3 Å². The molecule has 13 heteroatoms. The Morgan fingerprint density at radius 1 is 1.19 bits per heavy atom. The third-order valence-corrected chi connectivity index (χ3v) is 6.07. The highest BCUT2D eigenvalue weighted by atomic mass is 19.4. The SMILES string of the molecule is CC#CCN1c2c(n(-c3ccccc3C)c(=O)n(C)c2=O)N(OC(=O)C(F)(F)F)C1N1CCNCC1. The smallest absolute Gasteiger partial charge is 0.327 e. The van der Waals surface area contributed by atoms with E-state index in [0.717, 1.165) is 14.2 Å². The van der Waals surface area contributed by atoms with Crippen molar-refractivity contribution in [3.05, 3.63) is 50.7 Å². The van der Waals surface area contributed by atoms with Crippen LogP contribution in [0.1, 0.15) is 12.5 Å². The quantitative estimate of drug-likeness (QED) is 0.607. The summed E-state index contributed by atoms with van der Waals surface area (Å²) in [5.41, 5.74) is -0.702. The minimum absolute atomic E-state index is 0.0562. The van der Waals surface area contributed by atoms with Crippen molar-refractivity contribution in [3.63, 3.8) is 0 Å². The van der Waals surface area contributed by atoms with Gasteiger partial charge in [-0.25, -0.2) is 14.2 Å². The molecular weight excluding hydrogens is 481 g/mol. The number of para-hydroxylation sites is 1. The average molecular weight is 506 g/mol. The lowest BCUT2D eigenvalue weighted by Gasteiger charge is -2.40. The summed E-state index contributed by atoms with van der Waals surface area (Å²) in [6.07, 6.45) is -6.45. The Morgan fingerprint density at radius 2 is 1.86 bits per heavy atom. The predicted octanol–water partition coefficient (Wildman–Crippen LogP) is 0.704. The van der Waals surface area contributed by atoms with Crippen LogP contribution in [0.4, 0.5) is 24.7 Å². The Bertz CT molecular complexity index is 1350. The summed E-state index contributed by atoms with van der Waals surface area (Å²) < 4.78 is 42.1. The molecule has 2 aromatic rings. The Morgan fingerprint density at radius 3 is 2.47 bits per heavy atom. The van der Waals surface area contributed by atoms with Gasteiger partial charge in [-0.2, -0.15) is 13.2 Å². The first-order valence-electron chi connectivity index (χ1n) is 11.2. The molecule has 0 amide bonds. The van der Waals surface area contributed by atoms with Gasteiger partial charge >= 0.3 is 17.8 Å². The molecule has 3 heterocycles. The Balaban J connectivity index is 2.06. The highest BCUT2D eigenvalue weighted by molar-refractivity contribution is 5.80. The van der Waals surface area contributed by atoms with E-state index in [4.69, 9.17) is 4.84 Å². The van der Waals surface area contributed by atoms with Crippen LogP contribution in [0.3, 0.4) is 0 Å². The highest BCUT2D eigenvalue weighted by Gasteiger charge is 2.51. The van der Waals surface area contributed by atoms with E-state index in [1.165, 1.54) is 11.9 Å². The van der Waals surface area contributed by atoms with Gasteiger partial charge in [0.2, 0.25) is 0 Å². The second-order valence-electron chi connectivity index (χ2n) is 8.33. The molecule has 0 bridgehead atoms. The molecule has 2 aliphatic heterocycles. The van der Waals surface area contributed by atoms with Gasteiger partial charge in [0.25, 0.3) is 5.56 Å². The van der Waals surface area contributed by atoms with E-state index in [0.29, 0.717) is 37.4 Å². The van der Waals surface area contributed by atoms with E-state index in [2.05, 4.69) is 17.2 Å². The molecule has 2 aliphatic rings. The summed E-state index contributed by atoms with van der Waals surface area (Å²) in [6.45, 7) is 5.04. The molecule has 1 aromatic carbocycles. The molecule has 1 fully saturated rings. The summed E-state index contributed by atoms with van der Waals surface area (Å²) in [5.74, 6) is 2.83. The number of nitrogens with one attached hydrogen (secondary N) is 1. The van der Waals surface area contributed by atoms with Crippen molar-refractivity contribution < 1.29 is 22.8 Å². The average Bonchev–Trinajstić information content (AvgIpc) is 3.16. The fourth-order valence-electron chi connectivity index (χ4n) is 4.34. The second kappa shape index (κ2) is 9.71. The number of carbonyl (C=O) groups is 1. The van der Waals surface area contributed by atoms with E-state index in [-0.39, 0.29) is 18.1 Å². The van der Waals surface area contributed by atoms with Crippen LogP contribution >= 0.6 is 0 Å². The Labute approximate surface area is 204 Å². The van der Waals surface area contributed by atoms with Crippen LogP contribution in [0.15, 0.2) is 33.9 Å². The summed E-state index contributed by atoms with van der Waals surface area (Å²) in [5, 5.41) is 3.88. The number of aryl methyl sites for hydroxylation is 1. The van der Waals surface area contributed by atoms with E-state index >= 15 is 0 Å². The predicted molar refractivity (Wildman–Crippen MR) is 126 cm³/mol. The third-order valence-electron chi connectivity index (χ3n) is 6.07. The molecule has 1 saturated heterocycles. The molecule has 0 saturated carbocycles. The van der Waals surface area contributed by atoms with Crippen molar-refractivity contribution in [1.29, 1.82) is 0 Å². The molecule has 4 rings (SSSR count). The largest absolute Gasteiger partial charge is 0.493 e. The monoisotopic (exact) mass is 506 g/mol. The minimum Gasteiger partial charge on any atom is -0.327 e. The van der Waals surface area contributed by atoms with Gasteiger partial charge in [-0.05, 0) is 25.5 Å². The number of hydrogen-bond donors (Lipinski definition) is 1. The number of hydrogen-bond acceptors (Lipinski definition) is 8. The molecule has 10 nitrogen and oxygen atoms in total. The van der Waals surface area contributed by atoms with Crippen LogP contribution in [-0.4, -0.2) is 65.2 Å². The molecule has 0 spiro atoms. The fraction of sp³-hybridized carbons (Fsp3) is 0.435. The normalized spacial score (nSPS) is 18.0. The van der Waals surface area contributed by atoms with Gasteiger partial charge in [-0.15, -0.1) is 11.0 Å². The van der Waals surface area contributed by atoms with E-state index < -0.39 is 29.7 Å². The topological polar surface area (TPSA) is 92.0 Å². The maximum absolute atomic E-state index is 13.4. The van der Waals surface area contributed by atoms with Crippen LogP contribution in [0.5, 0.6) is 0 Å². The zero-order chi connectivity index (χ0) is 26.2. The maximum Gasteiger partial charge on any atom is 0.493 e. The molecule has 192 valence electrons. The molecule has 1 atom stereocenters. The first-order valence-corrected chi connectivity index (χ1v) is 11.2. The highest BCUT2D eigenvalue weighted by Crippen LogP contribution is 2.40. The number of carbonyl (C=O) groups excluding carboxylic acids is 1. The van der Waals surface area contributed by atoms with Crippen molar-refractivity contribution in [2.24, 2.45) is 7.05 Å². The summed E-state index contributed by atoms with van der Waals surface area (Å²) in [6, 6.07) is 6.70. The lowest BCUT2D eigenvalue weighted by Crippen LogP contribution is -2.61. The van der Waals surface area contributed by atoms with Crippen molar-refractivity contribution >= 4 is 17.5 Å². The number of halogens is 3. The van der Waals surface area contributed by atoms with Gasteiger partial charge in [0.1, 0.15) is 0 Å². The summed E-state index contributed by atoms with van der Waals surface area (Å²) in [7, 11) is 1.29. The van der Waals surface area contributed by atoms with Crippen LogP contribution in [0.2, 0.25) is 0 Å². The van der Waals surface area contributed by atoms with E-state index in [9.17, 15) is 27.6 Å². The number of rotatable bonds is 4. The number of piperazine rings is 1. The molecule has 0 radical (unpaired) electrons. The van der Waals surface area contributed by atoms with Gasteiger partial charge in [0.05, 0.1) is 12.2 Å². The van der Waals surface area contributed by atoms with E-state index in [1.807, 2.05) is 0 Å². The van der Waals surface area contributed by atoms with Gasteiger partial charge in [0, 0.05) is 33.2 Å². The first-order chi connectivity index (χ1) is 17.1. The van der Waals surface area contributed by atoms with Crippen molar-refractivity contribution in [2.45, 2.75) is 26.3 Å². The standard InChI is InChI=1S/C23H25F3N6O4/c1-4-5-12-30-17-18(31(22(35)28(3)19(17)33)16-9-7-6-8-15(16)2)32(36-20(34)23(24,25)26)21(30)29-13-10-27-11-14-29/h6-9,21,27H,10-14H2,1-3H3. The second-order valence-corrected chi connectivity index (χ2v) is 8.33. The van der Waals surface area contributed by atoms with Crippen molar-refractivity contribution in [3.8, 4) is 17.5 Å². The minimum atomic E-state index is -5.31. The zero-order valence-electron chi connectivity index (χ0n) is 19.9. The number of nitrogens with zero attached hydrogens (tertiary/aromatic N) is 5. The number of alkyl halides is 3. The molecule has 1 unspecified atom stereocenters. The summed E-state index contributed by atoms with van der Waals surface area (Å²) >= 11 is 0. The van der Waals surface area contributed by atoms with E-state index in [1.54, 1.807) is 43.0 Å². The molecular formula is C23H25F3N6O4. The van der Waals surface area contributed by atoms with Crippen LogP contribution < -0.4 is 26.5 Å². The number of aromatic nitrogens is 2. The fourth-order valence-corrected chi connectivity index (χ4v) is 4.34. The zero-order valence-corrected chi connectivity index (χ0v) is 19.9. The number of hydroxylamine groups is 1.